The number of primary amides is 1. The molecule has 1 aromatic heterocycles. The number of carbonyl (C=O) groups excluding carboxylic acids is 1. The average Bonchev–Trinajstić information content (AvgIpc) is 2.62. The van der Waals surface area contributed by atoms with Crippen molar-refractivity contribution in [1.82, 2.24) is 4.98 Å². The predicted molar refractivity (Wildman–Crippen MR) is 97.2 cm³/mol. The zero-order valence-electron chi connectivity index (χ0n) is 14.0. The number of aliphatic hydroxyl groups excluding tert-OH is 1. The Morgan fingerprint density at radius 1 is 1.32 bits per heavy atom. The first-order valence-electron chi connectivity index (χ1n) is 7.78. The van der Waals surface area contributed by atoms with Crippen LogP contribution in [0.3, 0.4) is 0 Å². The van der Waals surface area contributed by atoms with Gasteiger partial charge in [0, 0.05) is 17.3 Å². The highest BCUT2D eigenvalue weighted by Crippen LogP contribution is 2.33. The second kappa shape index (κ2) is 6.78. The molecular formula is C19H19N3O3. The second-order valence-electron chi connectivity index (χ2n) is 5.67. The molecule has 1 heterocycles. The van der Waals surface area contributed by atoms with Crippen LogP contribution in [0.2, 0.25) is 0 Å². The molecular weight excluding hydrogens is 318 g/mol. The molecule has 6 heteroatoms. The largest absolute Gasteiger partial charge is 0.497 e. The van der Waals surface area contributed by atoms with Gasteiger partial charge in [0.25, 0.3) is 5.91 Å². The Morgan fingerprint density at radius 2 is 2.12 bits per heavy atom. The molecule has 0 aliphatic rings. The van der Waals surface area contributed by atoms with E-state index in [0.29, 0.717) is 17.0 Å². The molecule has 2 aromatic carbocycles. The van der Waals surface area contributed by atoms with Crippen molar-refractivity contribution in [1.29, 1.82) is 0 Å². The number of nitrogens with one attached hydrogen (secondary N) is 1. The van der Waals surface area contributed by atoms with E-state index in [0.717, 1.165) is 22.2 Å². The van der Waals surface area contributed by atoms with Crippen LogP contribution in [0.5, 0.6) is 5.75 Å². The zero-order valence-corrected chi connectivity index (χ0v) is 14.0. The highest BCUT2D eigenvalue weighted by molar-refractivity contribution is 6.07. The Morgan fingerprint density at radius 3 is 2.80 bits per heavy atom. The fourth-order valence-electron chi connectivity index (χ4n) is 2.75. The van der Waals surface area contributed by atoms with Crippen LogP contribution in [0.25, 0.3) is 10.9 Å². The first-order chi connectivity index (χ1) is 12.0. The van der Waals surface area contributed by atoms with Gasteiger partial charge >= 0.3 is 0 Å². The lowest BCUT2D eigenvalue weighted by molar-refractivity contribution is 0.100. The van der Waals surface area contributed by atoms with Gasteiger partial charge in [-0.05, 0) is 42.3 Å². The Kier molecular flexibility index (Phi) is 4.54. The van der Waals surface area contributed by atoms with E-state index < -0.39 is 5.91 Å². The van der Waals surface area contributed by atoms with E-state index in [1.807, 2.05) is 37.3 Å². The average molecular weight is 337 g/mol. The van der Waals surface area contributed by atoms with Crippen LogP contribution in [-0.4, -0.2) is 23.1 Å². The molecule has 0 radical (unpaired) electrons. The van der Waals surface area contributed by atoms with Gasteiger partial charge in [-0.25, -0.2) is 0 Å². The van der Waals surface area contributed by atoms with Crippen LogP contribution in [-0.2, 0) is 6.61 Å². The van der Waals surface area contributed by atoms with E-state index in [1.165, 1.54) is 6.20 Å². The molecule has 0 aliphatic heterocycles. The van der Waals surface area contributed by atoms with Gasteiger partial charge in [-0.15, -0.1) is 0 Å². The quantitative estimate of drug-likeness (QED) is 0.665. The summed E-state index contributed by atoms with van der Waals surface area (Å²) in [7, 11) is 1.58. The normalized spacial score (nSPS) is 10.7. The maximum Gasteiger partial charge on any atom is 0.252 e. The summed E-state index contributed by atoms with van der Waals surface area (Å²) in [6.45, 7) is 1.84. The Labute approximate surface area is 145 Å². The van der Waals surface area contributed by atoms with Crippen molar-refractivity contribution < 1.29 is 14.6 Å². The van der Waals surface area contributed by atoms with Crippen molar-refractivity contribution in [3.63, 3.8) is 0 Å². The molecule has 0 spiro atoms. The van der Waals surface area contributed by atoms with Crippen LogP contribution >= 0.6 is 0 Å². The van der Waals surface area contributed by atoms with E-state index >= 15 is 0 Å². The molecule has 3 rings (SSSR count). The number of benzene rings is 2. The smallest absolute Gasteiger partial charge is 0.252 e. The Bertz CT molecular complexity index is 954. The van der Waals surface area contributed by atoms with E-state index in [-0.39, 0.29) is 12.2 Å². The summed E-state index contributed by atoms with van der Waals surface area (Å²) in [6.07, 6.45) is 1.46. The van der Waals surface area contributed by atoms with Crippen molar-refractivity contribution in [2.45, 2.75) is 13.5 Å². The van der Waals surface area contributed by atoms with Crippen molar-refractivity contribution in [2.24, 2.45) is 5.73 Å². The Hall–Kier alpha value is -3.12. The van der Waals surface area contributed by atoms with Gasteiger partial charge < -0.3 is 20.9 Å². The predicted octanol–water partition coefficient (Wildman–Crippen LogP) is 2.89. The molecule has 0 aliphatic carbocycles. The minimum absolute atomic E-state index is 0.0606. The Balaban J connectivity index is 2.22. The van der Waals surface area contributed by atoms with Crippen LogP contribution in [0.15, 0.2) is 42.6 Å². The molecule has 4 N–H and O–H groups in total. The summed E-state index contributed by atoms with van der Waals surface area (Å²) in [4.78, 5) is 16.2. The van der Waals surface area contributed by atoms with Crippen molar-refractivity contribution in [2.75, 3.05) is 12.4 Å². The van der Waals surface area contributed by atoms with Crippen molar-refractivity contribution in [3.05, 3.63) is 59.3 Å². The third-order valence-corrected chi connectivity index (χ3v) is 4.22. The van der Waals surface area contributed by atoms with Gasteiger partial charge in [0.1, 0.15) is 5.75 Å². The van der Waals surface area contributed by atoms with Crippen LogP contribution < -0.4 is 15.8 Å². The molecule has 3 aromatic rings. The highest BCUT2D eigenvalue weighted by Gasteiger charge is 2.15. The first kappa shape index (κ1) is 16.7. The van der Waals surface area contributed by atoms with Gasteiger partial charge in [0.15, 0.2) is 0 Å². The number of methoxy groups -OCH3 is 1. The van der Waals surface area contributed by atoms with Gasteiger partial charge in [-0.2, -0.15) is 0 Å². The van der Waals surface area contributed by atoms with E-state index in [9.17, 15) is 9.90 Å². The monoisotopic (exact) mass is 337 g/mol. The van der Waals surface area contributed by atoms with E-state index in [4.69, 9.17) is 10.5 Å². The number of carbonyl (C=O) groups is 1. The van der Waals surface area contributed by atoms with E-state index in [2.05, 4.69) is 10.3 Å². The summed E-state index contributed by atoms with van der Waals surface area (Å²) in [5.74, 6) is 0.0792. The van der Waals surface area contributed by atoms with Crippen LogP contribution in [0, 0.1) is 6.92 Å². The van der Waals surface area contributed by atoms with Crippen molar-refractivity contribution in [3.8, 4) is 5.75 Å². The molecule has 25 heavy (non-hydrogen) atoms. The number of aliphatic hydroxyl groups is 1. The number of aromatic nitrogens is 1. The summed E-state index contributed by atoms with van der Waals surface area (Å²) in [6, 6.07) is 11.0. The summed E-state index contributed by atoms with van der Waals surface area (Å²) in [5, 5.41) is 13.5. The molecule has 0 bridgehead atoms. The van der Waals surface area contributed by atoms with Gasteiger partial charge in [0.2, 0.25) is 0 Å². The molecule has 0 atom stereocenters. The standard InChI is InChI=1S/C19H19N3O3/c1-11-12(10-23)4-3-5-16(11)22-18-14-8-13(25-2)6-7-17(14)21-9-15(18)19(20)24/h3-9,23H,10H2,1-2H3,(H2,20,24)(H,21,22). The molecule has 0 saturated heterocycles. The molecule has 0 unspecified atom stereocenters. The lowest BCUT2D eigenvalue weighted by Gasteiger charge is -2.16. The number of hydrogen-bond donors (Lipinski definition) is 3. The lowest BCUT2D eigenvalue weighted by Crippen LogP contribution is -2.14. The van der Waals surface area contributed by atoms with Gasteiger partial charge in [-0.1, -0.05) is 12.1 Å². The number of amides is 1. The number of ether oxygens (including phenoxy) is 1. The molecule has 0 fully saturated rings. The van der Waals surface area contributed by atoms with Crippen molar-refractivity contribution >= 4 is 28.2 Å². The number of rotatable bonds is 5. The van der Waals surface area contributed by atoms with Crippen LogP contribution in [0.4, 0.5) is 11.4 Å². The van der Waals surface area contributed by atoms with Gasteiger partial charge in [-0.3, -0.25) is 9.78 Å². The maximum absolute atomic E-state index is 11.9. The van der Waals surface area contributed by atoms with E-state index in [1.54, 1.807) is 13.2 Å². The molecule has 128 valence electrons. The topological polar surface area (TPSA) is 97.5 Å². The number of hydrogen-bond acceptors (Lipinski definition) is 5. The fourth-order valence-corrected chi connectivity index (χ4v) is 2.75. The highest BCUT2D eigenvalue weighted by atomic mass is 16.5. The third kappa shape index (κ3) is 3.12. The number of nitrogens with zero attached hydrogens (tertiary/aromatic N) is 1. The fraction of sp³-hybridized carbons (Fsp3) is 0.158. The summed E-state index contributed by atoms with van der Waals surface area (Å²) < 4.78 is 5.28. The lowest BCUT2D eigenvalue weighted by atomic mass is 10.0. The maximum atomic E-state index is 11.9. The number of anilines is 2. The number of pyridine rings is 1. The number of fused-ring (bicyclic) bond motifs is 1. The minimum Gasteiger partial charge on any atom is -0.497 e. The van der Waals surface area contributed by atoms with Gasteiger partial charge in [0.05, 0.1) is 30.5 Å². The SMILES string of the molecule is COc1ccc2ncc(C(N)=O)c(Nc3cccc(CO)c3C)c2c1. The first-order valence-corrected chi connectivity index (χ1v) is 7.78. The van der Waals surface area contributed by atoms with Crippen LogP contribution in [0.1, 0.15) is 21.5 Å². The molecule has 1 amide bonds. The zero-order chi connectivity index (χ0) is 18.0. The third-order valence-electron chi connectivity index (χ3n) is 4.22. The second-order valence-corrected chi connectivity index (χ2v) is 5.67. The molecule has 0 saturated carbocycles. The summed E-state index contributed by atoms with van der Waals surface area (Å²) in [5.41, 5.74) is 9.58. The molecule has 6 nitrogen and oxygen atoms in total. The number of nitrogens with two attached hydrogens (primary N) is 1. The summed E-state index contributed by atoms with van der Waals surface area (Å²) >= 11 is 0. The minimum atomic E-state index is -0.573.